The maximum Gasteiger partial charge on any atom is 2.00 e. The molecule has 8 nitrogen and oxygen atoms in total. The maximum atomic E-state index is 8.60. The SMILES string of the molecule is ClCCNCCNCCCl.ClCCNCCNCCCl.[O-][Cl+3]([O-])([O-])O.[Zn+2]. The topological polar surface area (TPSA) is 138 Å². The van der Waals surface area contributed by atoms with Crippen molar-refractivity contribution in [3.8, 4) is 0 Å². The fourth-order valence-corrected chi connectivity index (χ4v) is 1.66. The Morgan fingerprint density at radius 2 is 0.692 bits per heavy atom. The summed E-state index contributed by atoms with van der Waals surface area (Å²) >= 11 is 21.8. The van der Waals surface area contributed by atoms with Gasteiger partial charge in [-0.25, -0.2) is 0 Å². The van der Waals surface area contributed by atoms with Gasteiger partial charge in [-0.1, -0.05) is 0 Å². The first kappa shape index (κ1) is 35.2. The van der Waals surface area contributed by atoms with E-state index in [2.05, 4.69) is 21.3 Å². The minimum atomic E-state index is -4.69. The van der Waals surface area contributed by atoms with Gasteiger partial charge in [0.25, 0.3) is 0 Å². The van der Waals surface area contributed by atoms with Gasteiger partial charge in [-0.15, -0.1) is 46.4 Å². The van der Waals surface area contributed by atoms with Gasteiger partial charge in [0.15, 0.2) is 0 Å². The van der Waals surface area contributed by atoms with Gasteiger partial charge in [-0.05, 0) is 0 Å². The van der Waals surface area contributed by atoms with Crippen LogP contribution in [0.2, 0.25) is 0 Å². The molecule has 0 aliphatic carbocycles. The molecular weight excluding hydrogens is 507 g/mol. The Morgan fingerprint density at radius 1 is 0.538 bits per heavy atom. The van der Waals surface area contributed by atoms with Crippen molar-refractivity contribution in [1.82, 2.24) is 21.3 Å². The normalized spacial score (nSPS) is 10.2. The summed E-state index contributed by atoms with van der Waals surface area (Å²) in [5, 5.41) is 12.6. The summed E-state index contributed by atoms with van der Waals surface area (Å²) in [6.45, 7) is 7.36. The summed E-state index contributed by atoms with van der Waals surface area (Å²) < 4.78 is 32.7. The van der Waals surface area contributed by atoms with Crippen molar-refractivity contribution >= 4 is 46.4 Å². The van der Waals surface area contributed by atoms with E-state index >= 15 is 0 Å². The fourth-order valence-electron chi connectivity index (χ4n) is 1.12. The quantitative estimate of drug-likeness (QED) is 0.0911. The molecule has 0 fully saturated rings. The Labute approximate surface area is 191 Å². The Hall–Kier alpha value is 1.75. The van der Waals surface area contributed by atoms with Crippen molar-refractivity contribution in [2.75, 3.05) is 75.9 Å². The molecular formula is C12H29Cl5N4O4Zn+2. The van der Waals surface area contributed by atoms with Crippen LogP contribution in [0.4, 0.5) is 0 Å². The Morgan fingerprint density at radius 3 is 0.808 bits per heavy atom. The molecule has 0 bridgehead atoms. The molecule has 0 heterocycles. The summed E-state index contributed by atoms with van der Waals surface area (Å²) in [7, 11) is -4.69. The van der Waals surface area contributed by atoms with E-state index in [9.17, 15) is 0 Å². The molecule has 0 aliphatic rings. The van der Waals surface area contributed by atoms with Crippen LogP contribution in [0.3, 0.4) is 0 Å². The van der Waals surface area contributed by atoms with E-state index in [0.29, 0.717) is 23.5 Å². The Bertz CT molecular complexity index is 200. The van der Waals surface area contributed by atoms with Crippen molar-refractivity contribution in [2.45, 2.75) is 0 Å². The Balaban J connectivity index is -0.000000145. The van der Waals surface area contributed by atoms with Gasteiger partial charge in [0.05, 0.1) is 14.9 Å². The van der Waals surface area contributed by atoms with Crippen LogP contribution in [-0.2, 0) is 19.5 Å². The van der Waals surface area contributed by atoms with E-state index in [1.807, 2.05) is 0 Å². The third-order valence-corrected chi connectivity index (χ3v) is 2.80. The monoisotopic (exact) mass is 532 g/mol. The summed E-state index contributed by atoms with van der Waals surface area (Å²) in [4.78, 5) is 0. The van der Waals surface area contributed by atoms with Gasteiger partial charge in [0.1, 0.15) is 0 Å². The van der Waals surface area contributed by atoms with Crippen molar-refractivity contribution in [1.29, 1.82) is 0 Å². The third-order valence-electron chi connectivity index (χ3n) is 2.04. The molecule has 0 aromatic rings. The second-order valence-corrected chi connectivity index (χ2v) is 6.46. The molecule has 156 valence electrons. The van der Waals surface area contributed by atoms with Crippen molar-refractivity contribution in [3.63, 3.8) is 0 Å². The van der Waals surface area contributed by atoms with Crippen LogP contribution < -0.4 is 35.2 Å². The number of nitrogens with one attached hydrogen (secondary N) is 4. The van der Waals surface area contributed by atoms with Gasteiger partial charge in [-0.2, -0.15) is 14.0 Å². The number of hydrogen-bond donors (Lipinski definition) is 5. The summed E-state index contributed by atoms with van der Waals surface area (Å²) in [5.74, 6) is 2.70. The van der Waals surface area contributed by atoms with Crippen LogP contribution in [0.15, 0.2) is 0 Å². The minimum Gasteiger partial charge on any atom is -0.314 e. The zero-order valence-electron chi connectivity index (χ0n) is 14.8. The third kappa shape index (κ3) is 63.6. The molecule has 14 heteroatoms. The number of alkyl halides is 4. The van der Waals surface area contributed by atoms with E-state index in [4.69, 9.17) is 65.0 Å². The molecule has 5 N–H and O–H groups in total. The van der Waals surface area contributed by atoms with Gasteiger partial charge < -0.3 is 21.3 Å². The van der Waals surface area contributed by atoms with Crippen LogP contribution in [0, 0.1) is 10.2 Å². The number of halogens is 5. The van der Waals surface area contributed by atoms with Crippen molar-refractivity contribution < 1.29 is 48.4 Å². The van der Waals surface area contributed by atoms with Crippen LogP contribution in [0.1, 0.15) is 0 Å². The summed E-state index contributed by atoms with van der Waals surface area (Å²) in [6.07, 6.45) is 0. The molecule has 0 aromatic carbocycles. The standard InChI is InChI=1S/2C6H14Cl2N2.ClHO4.Zn/c2*7-1-3-9-5-6-10-4-2-8;2-1(3,4)5;/h2*9-10H,1-6H2;(H,2,3,4,5);/q;;;+2. The first-order valence-corrected chi connectivity index (χ1v) is 10.9. The predicted octanol–water partition coefficient (Wildman–Crippen LogP) is -2.84. The molecule has 0 rings (SSSR count). The molecule has 0 aliphatic heterocycles. The molecule has 0 unspecified atom stereocenters. The number of rotatable bonds is 14. The second kappa shape index (κ2) is 31.4. The minimum absolute atomic E-state index is 0. The van der Waals surface area contributed by atoms with Crippen LogP contribution in [-0.4, -0.2) is 80.5 Å². The second-order valence-electron chi connectivity index (χ2n) is 4.15. The first-order valence-electron chi connectivity index (χ1n) is 7.53. The van der Waals surface area contributed by atoms with Crippen LogP contribution >= 0.6 is 46.4 Å². The van der Waals surface area contributed by atoms with Crippen LogP contribution in [0.5, 0.6) is 0 Å². The molecule has 0 saturated carbocycles. The van der Waals surface area contributed by atoms with E-state index < -0.39 is 10.2 Å². The van der Waals surface area contributed by atoms with Crippen LogP contribution in [0.25, 0.3) is 0 Å². The molecule has 0 aromatic heterocycles. The Kier molecular flexibility index (Phi) is 42.6. The van der Waals surface area contributed by atoms with Crippen molar-refractivity contribution in [3.05, 3.63) is 0 Å². The summed E-state index contributed by atoms with van der Waals surface area (Å²) in [5.41, 5.74) is 0. The zero-order chi connectivity index (χ0) is 19.8. The number of hydrogen-bond acceptors (Lipinski definition) is 8. The van der Waals surface area contributed by atoms with Gasteiger partial charge >= 0.3 is 19.5 Å². The van der Waals surface area contributed by atoms with E-state index in [-0.39, 0.29) is 19.5 Å². The molecule has 0 radical (unpaired) electrons. The first-order chi connectivity index (χ1) is 11.8. The molecule has 0 saturated heterocycles. The van der Waals surface area contributed by atoms with E-state index in [1.165, 1.54) is 0 Å². The van der Waals surface area contributed by atoms with Gasteiger partial charge in [-0.3, -0.25) is 0 Å². The molecule has 0 amide bonds. The van der Waals surface area contributed by atoms with E-state index in [1.54, 1.807) is 0 Å². The molecule has 0 atom stereocenters. The maximum absolute atomic E-state index is 8.60. The average Bonchev–Trinajstić information content (AvgIpc) is 2.53. The molecule has 0 spiro atoms. The van der Waals surface area contributed by atoms with Gasteiger partial charge in [0.2, 0.25) is 0 Å². The zero-order valence-corrected chi connectivity index (χ0v) is 21.5. The van der Waals surface area contributed by atoms with Gasteiger partial charge in [0, 0.05) is 75.9 Å². The largest absolute Gasteiger partial charge is 2.00 e. The van der Waals surface area contributed by atoms with E-state index in [0.717, 1.165) is 52.4 Å². The summed E-state index contributed by atoms with van der Waals surface area (Å²) in [6, 6.07) is 0. The smallest absolute Gasteiger partial charge is 0.314 e. The fraction of sp³-hybridized carbons (Fsp3) is 1.00. The molecule has 26 heavy (non-hydrogen) atoms. The van der Waals surface area contributed by atoms with Crippen molar-refractivity contribution in [2.24, 2.45) is 0 Å². The average molecular weight is 536 g/mol. The predicted molar refractivity (Wildman–Crippen MR) is 96.6 cm³/mol.